The number of nitrogens with zero attached hydrogens (tertiary/aromatic N) is 1. The Bertz CT molecular complexity index is 306. The van der Waals surface area contributed by atoms with Gasteiger partial charge in [-0.05, 0) is 63.7 Å². The van der Waals surface area contributed by atoms with Crippen LogP contribution in [0.3, 0.4) is 0 Å². The van der Waals surface area contributed by atoms with Gasteiger partial charge >= 0.3 is 0 Å². The van der Waals surface area contributed by atoms with Crippen LogP contribution < -0.4 is 5.32 Å². The summed E-state index contributed by atoms with van der Waals surface area (Å²) in [6, 6.07) is 5.26. The summed E-state index contributed by atoms with van der Waals surface area (Å²) < 4.78 is 0. The summed E-state index contributed by atoms with van der Waals surface area (Å²) >= 11 is 1.87. The minimum absolute atomic E-state index is 0.874. The average molecular weight is 266 g/mol. The first-order chi connectivity index (χ1) is 8.84. The third-order valence-electron chi connectivity index (χ3n) is 3.55. The van der Waals surface area contributed by atoms with E-state index in [4.69, 9.17) is 0 Å². The molecule has 1 aliphatic carbocycles. The van der Waals surface area contributed by atoms with E-state index in [1.165, 1.54) is 63.0 Å². The molecule has 1 aliphatic rings. The fourth-order valence-corrected chi connectivity index (χ4v) is 2.84. The van der Waals surface area contributed by atoms with Crippen molar-refractivity contribution in [1.29, 1.82) is 0 Å². The van der Waals surface area contributed by atoms with Crippen molar-refractivity contribution < 1.29 is 0 Å². The van der Waals surface area contributed by atoms with Gasteiger partial charge in [-0.3, -0.25) is 0 Å². The lowest BCUT2D eigenvalue weighted by Crippen LogP contribution is -2.22. The predicted molar refractivity (Wildman–Crippen MR) is 80.4 cm³/mol. The average Bonchev–Trinajstić information content (AvgIpc) is 3.04. The molecule has 2 rings (SSSR count). The van der Waals surface area contributed by atoms with E-state index >= 15 is 0 Å². The summed E-state index contributed by atoms with van der Waals surface area (Å²) in [6.07, 6.45) is 8.07. The Hall–Kier alpha value is -0.380. The molecule has 1 heterocycles. The number of likely N-dealkylation sites (N-methyl/N-ethyl adjacent to an activating group) is 1. The lowest BCUT2D eigenvalue weighted by Gasteiger charge is -2.15. The van der Waals surface area contributed by atoms with Gasteiger partial charge in [0.1, 0.15) is 0 Å². The monoisotopic (exact) mass is 266 g/mol. The largest absolute Gasteiger partial charge is 0.314 e. The minimum atomic E-state index is 0.874. The minimum Gasteiger partial charge on any atom is -0.314 e. The molecule has 1 saturated carbocycles. The van der Waals surface area contributed by atoms with E-state index in [0.717, 1.165) is 6.04 Å². The Kier molecular flexibility index (Phi) is 6.18. The van der Waals surface area contributed by atoms with Crippen LogP contribution in [0.15, 0.2) is 17.5 Å². The maximum Gasteiger partial charge on any atom is 0.00682 e. The molecule has 0 amide bonds. The van der Waals surface area contributed by atoms with Gasteiger partial charge < -0.3 is 10.2 Å². The summed E-state index contributed by atoms with van der Waals surface area (Å²) in [5.74, 6) is 0. The van der Waals surface area contributed by atoms with Gasteiger partial charge in [-0.25, -0.2) is 0 Å². The molecule has 0 aromatic carbocycles. The molecule has 1 fully saturated rings. The van der Waals surface area contributed by atoms with Crippen LogP contribution in [0.5, 0.6) is 0 Å². The van der Waals surface area contributed by atoms with Crippen LogP contribution in [0.2, 0.25) is 0 Å². The first-order valence-corrected chi connectivity index (χ1v) is 8.17. The Morgan fingerprint density at radius 1 is 1.28 bits per heavy atom. The summed E-state index contributed by atoms with van der Waals surface area (Å²) in [4.78, 5) is 3.98. The van der Waals surface area contributed by atoms with Gasteiger partial charge in [-0.15, -0.1) is 11.3 Å². The Morgan fingerprint density at radius 2 is 2.17 bits per heavy atom. The maximum absolute atomic E-state index is 3.58. The quantitative estimate of drug-likeness (QED) is 0.655. The van der Waals surface area contributed by atoms with E-state index in [1.807, 2.05) is 11.3 Å². The highest BCUT2D eigenvalue weighted by atomic mass is 32.1. The molecule has 102 valence electrons. The van der Waals surface area contributed by atoms with Crippen LogP contribution in [-0.2, 0) is 6.42 Å². The van der Waals surface area contributed by atoms with Gasteiger partial charge in [-0.1, -0.05) is 12.5 Å². The zero-order chi connectivity index (χ0) is 12.6. The predicted octanol–water partition coefficient (Wildman–Crippen LogP) is 3.14. The zero-order valence-corrected chi connectivity index (χ0v) is 12.3. The van der Waals surface area contributed by atoms with E-state index in [9.17, 15) is 0 Å². The van der Waals surface area contributed by atoms with Crippen LogP contribution in [0.25, 0.3) is 0 Å². The highest BCUT2D eigenvalue weighted by Crippen LogP contribution is 2.18. The van der Waals surface area contributed by atoms with E-state index < -0.39 is 0 Å². The number of hydrogen-bond acceptors (Lipinski definition) is 3. The second-order valence-electron chi connectivity index (χ2n) is 5.42. The molecule has 0 spiro atoms. The van der Waals surface area contributed by atoms with E-state index in [-0.39, 0.29) is 0 Å². The van der Waals surface area contributed by atoms with Crippen molar-refractivity contribution in [1.82, 2.24) is 10.2 Å². The smallest absolute Gasteiger partial charge is 0.00682 e. The third kappa shape index (κ3) is 5.98. The second-order valence-corrected chi connectivity index (χ2v) is 6.45. The van der Waals surface area contributed by atoms with Gasteiger partial charge in [0.2, 0.25) is 0 Å². The number of nitrogens with one attached hydrogen (secondary N) is 1. The van der Waals surface area contributed by atoms with Gasteiger partial charge in [-0.2, -0.15) is 0 Å². The second kappa shape index (κ2) is 7.93. The third-order valence-corrected chi connectivity index (χ3v) is 4.48. The molecule has 0 aliphatic heterocycles. The highest BCUT2D eigenvalue weighted by Gasteiger charge is 2.19. The molecule has 0 radical (unpaired) electrons. The molecular formula is C15H26N2S. The lowest BCUT2D eigenvalue weighted by molar-refractivity contribution is 0.329. The van der Waals surface area contributed by atoms with Gasteiger partial charge in [0.05, 0.1) is 0 Å². The fraction of sp³-hybridized carbons (Fsp3) is 0.733. The van der Waals surface area contributed by atoms with E-state index in [0.29, 0.717) is 0 Å². The number of thiophene rings is 1. The molecule has 1 aromatic rings. The molecule has 18 heavy (non-hydrogen) atoms. The molecule has 0 unspecified atom stereocenters. The van der Waals surface area contributed by atoms with Crippen LogP contribution in [0.4, 0.5) is 0 Å². The number of hydrogen-bond donors (Lipinski definition) is 1. The molecule has 1 aromatic heterocycles. The molecular weight excluding hydrogens is 240 g/mol. The first kappa shape index (κ1) is 14.0. The van der Waals surface area contributed by atoms with Crippen molar-refractivity contribution in [2.75, 3.05) is 26.7 Å². The summed E-state index contributed by atoms with van der Waals surface area (Å²) in [6.45, 7) is 3.67. The highest BCUT2D eigenvalue weighted by molar-refractivity contribution is 7.09. The molecule has 3 heteroatoms. The fourth-order valence-electron chi connectivity index (χ4n) is 2.14. The van der Waals surface area contributed by atoms with Gasteiger partial charge in [0.25, 0.3) is 0 Å². The number of rotatable bonds is 10. The zero-order valence-electron chi connectivity index (χ0n) is 11.5. The SMILES string of the molecule is CN(CCCCCNC1CC1)CCc1cccs1. The topological polar surface area (TPSA) is 15.3 Å². The van der Waals surface area contributed by atoms with Crippen molar-refractivity contribution >= 4 is 11.3 Å². The standard InChI is InChI=1S/C15H26N2S/c1-17(12-9-15-6-5-13-18-15)11-4-2-3-10-16-14-7-8-14/h5-6,13-14,16H,2-4,7-12H2,1H3. The summed E-state index contributed by atoms with van der Waals surface area (Å²) in [5.41, 5.74) is 0. The van der Waals surface area contributed by atoms with Crippen LogP contribution >= 0.6 is 11.3 Å². The van der Waals surface area contributed by atoms with Crippen molar-refractivity contribution in [3.8, 4) is 0 Å². The molecule has 1 N–H and O–H groups in total. The lowest BCUT2D eigenvalue weighted by atomic mass is 10.2. The Balaban J connectivity index is 1.40. The van der Waals surface area contributed by atoms with Crippen LogP contribution in [0, 0.1) is 0 Å². The summed E-state index contributed by atoms with van der Waals surface area (Å²) in [5, 5.41) is 5.75. The Labute approximate surface area is 115 Å². The molecule has 0 atom stereocenters. The van der Waals surface area contributed by atoms with Crippen molar-refractivity contribution in [3.05, 3.63) is 22.4 Å². The normalized spacial score (nSPS) is 15.4. The number of unbranched alkanes of at least 4 members (excludes halogenated alkanes) is 2. The van der Waals surface area contributed by atoms with Crippen LogP contribution in [-0.4, -0.2) is 37.6 Å². The molecule has 2 nitrogen and oxygen atoms in total. The first-order valence-electron chi connectivity index (χ1n) is 7.29. The van der Waals surface area contributed by atoms with E-state index in [1.54, 1.807) is 0 Å². The van der Waals surface area contributed by atoms with E-state index in [2.05, 4.69) is 34.8 Å². The van der Waals surface area contributed by atoms with Gasteiger partial charge in [0, 0.05) is 17.5 Å². The van der Waals surface area contributed by atoms with Gasteiger partial charge in [0.15, 0.2) is 0 Å². The van der Waals surface area contributed by atoms with Crippen molar-refractivity contribution in [2.24, 2.45) is 0 Å². The van der Waals surface area contributed by atoms with Crippen LogP contribution in [0.1, 0.15) is 37.0 Å². The molecule has 0 saturated heterocycles. The Morgan fingerprint density at radius 3 is 2.89 bits per heavy atom. The summed E-state index contributed by atoms with van der Waals surface area (Å²) in [7, 11) is 2.25. The maximum atomic E-state index is 3.58. The van der Waals surface area contributed by atoms with Crippen molar-refractivity contribution in [2.45, 2.75) is 44.6 Å². The van der Waals surface area contributed by atoms with Crippen molar-refractivity contribution in [3.63, 3.8) is 0 Å². The molecule has 0 bridgehead atoms.